The average molecular weight is 659 g/mol. The number of rotatable bonds is 4. The zero-order chi connectivity index (χ0) is 28.3. The number of aromatic nitrogens is 4. The summed E-state index contributed by atoms with van der Waals surface area (Å²) >= 11 is 0. The Morgan fingerprint density at radius 2 is 0.743 bits per heavy atom. The Morgan fingerprint density at radius 3 is 0.829 bits per heavy atom. The quantitative estimate of drug-likeness (QED) is 0.262. The van der Waals surface area contributed by atoms with E-state index in [2.05, 4.69) is 141 Å². The Labute approximate surface area is 226 Å². The van der Waals surface area contributed by atoms with Crippen molar-refractivity contribution < 1.29 is 48.2 Å². The first-order valence-electron chi connectivity index (χ1n) is 10.8. The molecule has 2 aromatic rings. The van der Waals surface area contributed by atoms with Gasteiger partial charge in [0.1, 0.15) is 0 Å². The van der Waals surface area contributed by atoms with Gasteiger partial charge in [0.2, 0.25) is 12.7 Å². The molecule has 0 spiro atoms. The Hall–Kier alpha value is -1.96. The summed E-state index contributed by atoms with van der Waals surface area (Å²) in [4.78, 5) is 0. The van der Waals surface area contributed by atoms with Gasteiger partial charge < -0.3 is 18.3 Å². The van der Waals surface area contributed by atoms with Crippen LogP contribution in [0.2, 0.25) is 0 Å². The summed E-state index contributed by atoms with van der Waals surface area (Å²) in [5, 5.41) is 0. The van der Waals surface area contributed by atoms with Crippen molar-refractivity contribution in [3.63, 3.8) is 0 Å². The summed E-state index contributed by atoms with van der Waals surface area (Å²) in [6.07, 6.45) is 6.76. The minimum Gasteiger partial charge on any atom is 0 e. The molecule has 9 heteroatoms. The van der Waals surface area contributed by atoms with Crippen LogP contribution in [0.5, 0.6) is 0 Å². The summed E-state index contributed by atoms with van der Waals surface area (Å²) < 4.78 is 38.8. The van der Waals surface area contributed by atoms with Crippen LogP contribution in [0.4, 0.5) is 0 Å². The van der Waals surface area contributed by atoms with Gasteiger partial charge in [-0.1, -0.05) is 27.7 Å². The van der Waals surface area contributed by atoms with Crippen molar-refractivity contribution in [3.05, 3.63) is 62.0 Å². The molecular weight excluding hydrogens is 619 g/mol. The van der Waals surface area contributed by atoms with Crippen molar-refractivity contribution in [1.82, 2.24) is 9.13 Å². The zero-order valence-corrected chi connectivity index (χ0v) is 25.8. The fraction of sp³-hybridized carbons (Fsp3) is 0.615. The van der Waals surface area contributed by atoms with Gasteiger partial charge in [-0.05, 0) is 78.2 Å². The van der Waals surface area contributed by atoms with Crippen LogP contribution in [-0.4, -0.2) is 9.13 Å². The van der Waals surface area contributed by atoms with Crippen molar-refractivity contribution in [2.24, 2.45) is 0 Å². The van der Waals surface area contributed by atoms with Crippen molar-refractivity contribution in [1.29, 1.82) is 0 Å². The van der Waals surface area contributed by atoms with Gasteiger partial charge in [0.05, 0.1) is 24.2 Å². The van der Waals surface area contributed by atoms with E-state index < -0.39 is 0 Å². The zero-order valence-electron chi connectivity index (χ0n) is 23.1. The van der Waals surface area contributed by atoms with Gasteiger partial charge in [-0.3, -0.25) is 0 Å². The van der Waals surface area contributed by atoms with E-state index in [0.29, 0.717) is 24.2 Å². The molecule has 35 heavy (non-hydrogen) atoms. The molecular formula is C26H40N4O4Re. The first-order valence-corrected chi connectivity index (χ1v) is 10.8. The summed E-state index contributed by atoms with van der Waals surface area (Å²) in [6, 6.07) is 2.00. The predicted octanol–water partition coefficient (Wildman–Crippen LogP) is 4.56. The van der Waals surface area contributed by atoms with Crippen molar-refractivity contribution in [2.45, 2.75) is 107 Å². The van der Waals surface area contributed by atoms with Crippen molar-refractivity contribution in [3.8, 4) is 0 Å². The third-order valence-corrected chi connectivity index (χ3v) is 4.99. The third kappa shape index (κ3) is 13.6. The average Bonchev–Trinajstić information content (AvgIpc) is 3.30. The maximum Gasteiger partial charge on any atom is 0 e. The van der Waals surface area contributed by atoms with Gasteiger partial charge in [0, 0.05) is 20.4 Å². The fourth-order valence-corrected chi connectivity index (χ4v) is 3.24. The summed E-state index contributed by atoms with van der Waals surface area (Å²) in [7, 11) is 0. The van der Waals surface area contributed by atoms with E-state index in [1.807, 2.05) is 0 Å². The maximum absolute atomic E-state index is 7.50. The van der Waals surface area contributed by atoms with Gasteiger partial charge in [0.15, 0.2) is 0 Å². The topological polar surface area (TPSA) is 97.2 Å². The first kappa shape index (κ1) is 43.1. The summed E-state index contributed by atoms with van der Waals surface area (Å²) in [5.74, 6) is 0. The second kappa shape index (κ2) is 23.8. The summed E-state index contributed by atoms with van der Waals surface area (Å²) in [5.41, 5.74) is 5.29. The molecule has 0 aliphatic carbocycles. The van der Waals surface area contributed by atoms with E-state index >= 15 is 0 Å². The third-order valence-electron chi connectivity index (χ3n) is 4.99. The van der Waals surface area contributed by atoms with Gasteiger partial charge >= 0.3 is 45.2 Å². The number of nitrogens with zero attached hydrogens (tertiary/aromatic N) is 4. The molecule has 0 saturated heterocycles. The minimum absolute atomic E-state index is 0. The van der Waals surface area contributed by atoms with Gasteiger partial charge in [-0.15, -0.1) is 0 Å². The molecule has 0 saturated carbocycles. The maximum atomic E-state index is 7.50. The molecule has 0 atom stereocenters. The van der Waals surface area contributed by atoms with Gasteiger partial charge in [0.25, 0.3) is 0 Å². The van der Waals surface area contributed by atoms with E-state index in [4.69, 9.17) is 18.6 Å². The normalized spacial score (nSPS) is 8.91. The largest absolute Gasteiger partial charge is 0 e. The van der Waals surface area contributed by atoms with Crippen LogP contribution in [0.3, 0.4) is 0 Å². The molecule has 0 N–H and O–H groups in total. The Bertz CT molecular complexity index is 759. The SMILES string of the molecule is Cc1c(C)[n+](C(C)C)[c-]n1C(C)C.Cc1c(C)[n+](C(C)C)[c-]n1C(C)C.[C-]#[O+].[C-]#[O+].[C-]#[O+].[C-]#[O+].[Re]. The monoisotopic (exact) mass is 659 g/mol. The number of hydrogen-bond acceptors (Lipinski definition) is 0. The second-order valence-corrected chi connectivity index (χ2v) is 8.40. The van der Waals surface area contributed by atoms with Gasteiger partial charge in [-0.2, -0.15) is 0 Å². The van der Waals surface area contributed by atoms with Crippen LogP contribution in [-0.2, 0) is 39.0 Å². The molecule has 0 aromatic carbocycles. The molecule has 0 bridgehead atoms. The predicted molar refractivity (Wildman–Crippen MR) is 123 cm³/mol. The Morgan fingerprint density at radius 1 is 0.543 bits per heavy atom. The molecule has 8 nitrogen and oxygen atoms in total. The van der Waals surface area contributed by atoms with Crippen LogP contribution in [0.25, 0.3) is 0 Å². The van der Waals surface area contributed by atoms with Crippen molar-refractivity contribution >= 4 is 0 Å². The van der Waals surface area contributed by atoms with Gasteiger partial charge in [-0.25, -0.2) is 0 Å². The van der Waals surface area contributed by atoms with E-state index in [1.54, 1.807) is 0 Å². The van der Waals surface area contributed by atoms with E-state index in [-0.39, 0.29) is 20.4 Å². The molecule has 1 radical (unpaired) electrons. The van der Waals surface area contributed by atoms with Crippen molar-refractivity contribution in [2.75, 3.05) is 0 Å². The molecule has 0 amide bonds. The van der Waals surface area contributed by atoms with Crippen LogP contribution in [0, 0.1) is 67.0 Å². The molecule has 0 aliphatic heterocycles. The van der Waals surface area contributed by atoms with Crippen LogP contribution in [0.15, 0.2) is 0 Å². The van der Waals surface area contributed by atoms with E-state index in [0.717, 1.165) is 0 Å². The van der Waals surface area contributed by atoms with E-state index in [9.17, 15) is 0 Å². The second-order valence-electron chi connectivity index (χ2n) is 8.40. The van der Waals surface area contributed by atoms with Crippen LogP contribution < -0.4 is 9.13 Å². The fourth-order valence-electron chi connectivity index (χ4n) is 3.24. The van der Waals surface area contributed by atoms with Crippen LogP contribution in [0.1, 0.15) is 102 Å². The van der Waals surface area contributed by atoms with Crippen LogP contribution >= 0.6 is 0 Å². The van der Waals surface area contributed by atoms with E-state index in [1.165, 1.54) is 22.8 Å². The Kier molecular flexibility index (Phi) is 29.3. The number of imidazole rings is 2. The standard InChI is InChI=1S/2C11H20N2.4CO.Re/c2*1-8(2)12-7-13(9(3)4)11(6)10(12)5;4*1-2;/h2*8-9H,1-6H3;;;;;. The minimum atomic E-state index is 0. The molecule has 0 unspecified atom stereocenters. The molecule has 2 heterocycles. The Balaban J connectivity index is -0.000000130. The number of hydrogen-bond donors (Lipinski definition) is 0. The smallest absolute Gasteiger partial charge is 0 e. The molecule has 0 fully saturated rings. The molecule has 195 valence electrons. The first-order chi connectivity index (χ1) is 15.9. The molecule has 0 aliphatic rings. The summed E-state index contributed by atoms with van der Waals surface area (Å²) in [6.45, 7) is 44.1. The molecule has 2 rings (SSSR count). The molecule has 2 aromatic heterocycles.